The number of anilines is 1. The molecule has 24 heavy (non-hydrogen) atoms. The molecule has 1 fully saturated rings. The van der Waals surface area contributed by atoms with E-state index < -0.39 is 0 Å². The third-order valence-corrected chi connectivity index (χ3v) is 4.58. The van der Waals surface area contributed by atoms with Crippen LogP contribution in [0.4, 0.5) is 5.69 Å². The lowest BCUT2D eigenvalue weighted by Gasteiger charge is -2.17. The van der Waals surface area contributed by atoms with Gasteiger partial charge in [-0.15, -0.1) is 0 Å². The molecule has 1 aromatic heterocycles. The van der Waals surface area contributed by atoms with Gasteiger partial charge in [0.2, 0.25) is 0 Å². The van der Waals surface area contributed by atoms with Crippen LogP contribution < -0.4 is 16.0 Å². The Bertz CT molecular complexity index is 816. The van der Waals surface area contributed by atoms with Crippen LogP contribution in [0, 0.1) is 0 Å². The van der Waals surface area contributed by atoms with Gasteiger partial charge in [-0.2, -0.15) is 0 Å². The Balaban J connectivity index is 1.93. The number of hydrogen-bond acceptors (Lipinski definition) is 3. The molecular weight excluding hydrogens is 296 g/mol. The highest BCUT2D eigenvalue weighted by Crippen LogP contribution is 2.38. The van der Waals surface area contributed by atoms with Crippen LogP contribution in [0.15, 0.2) is 54.6 Å². The van der Waals surface area contributed by atoms with Crippen molar-refractivity contribution in [2.24, 2.45) is 0 Å². The van der Waals surface area contributed by atoms with Crippen molar-refractivity contribution in [1.29, 1.82) is 0 Å². The van der Waals surface area contributed by atoms with Crippen LogP contribution in [-0.4, -0.2) is 23.9 Å². The molecule has 0 radical (unpaired) electrons. The van der Waals surface area contributed by atoms with Crippen molar-refractivity contribution in [3.05, 3.63) is 54.6 Å². The summed E-state index contributed by atoms with van der Waals surface area (Å²) in [7, 11) is 0. The van der Waals surface area contributed by atoms with Gasteiger partial charge >= 0.3 is 0 Å². The zero-order chi connectivity index (χ0) is 16.4. The van der Waals surface area contributed by atoms with E-state index in [0.717, 1.165) is 26.1 Å². The second kappa shape index (κ2) is 6.67. The molecule has 1 aliphatic rings. The number of para-hydroxylation sites is 1. The molecule has 0 amide bonds. The first-order valence-electron chi connectivity index (χ1n) is 8.78. The van der Waals surface area contributed by atoms with Crippen LogP contribution >= 0.6 is 0 Å². The molecule has 0 saturated carbocycles. The Morgan fingerprint density at radius 1 is 1.00 bits per heavy atom. The van der Waals surface area contributed by atoms with Crippen molar-refractivity contribution >= 4 is 16.6 Å². The Kier molecular flexibility index (Phi) is 4.24. The first-order chi connectivity index (χ1) is 11.9. The summed E-state index contributed by atoms with van der Waals surface area (Å²) in [5.41, 5.74) is 5.02. The first-order valence-corrected chi connectivity index (χ1v) is 8.78. The summed E-state index contributed by atoms with van der Waals surface area (Å²) in [5, 5.41) is 11.9. The van der Waals surface area contributed by atoms with Crippen molar-refractivity contribution < 1.29 is 0 Å². The van der Waals surface area contributed by atoms with Crippen molar-refractivity contribution in [3.8, 4) is 11.3 Å². The molecule has 0 aliphatic carbocycles. The zero-order valence-electron chi connectivity index (χ0n) is 14.0. The third kappa shape index (κ3) is 2.68. The third-order valence-electron chi connectivity index (χ3n) is 4.58. The minimum atomic E-state index is 0.119. The average Bonchev–Trinajstić information content (AvgIpc) is 3.24. The van der Waals surface area contributed by atoms with Crippen molar-refractivity contribution in [2.45, 2.75) is 26.2 Å². The van der Waals surface area contributed by atoms with E-state index in [1.54, 1.807) is 0 Å². The summed E-state index contributed by atoms with van der Waals surface area (Å²) in [6, 6.07) is 19.4. The second-order valence-electron chi connectivity index (χ2n) is 6.24. The van der Waals surface area contributed by atoms with E-state index in [1.165, 1.54) is 27.8 Å². The summed E-state index contributed by atoms with van der Waals surface area (Å²) < 4.78 is 2.45. The second-order valence-corrected chi connectivity index (χ2v) is 6.24. The van der Waals surface area contributed by atoms with Gasteiger partial charge in [0.25, 0.3) is 0 Å². The number of hydrogen-bond donors (Lipinski definition) is 3. The van der Waals surface area contributed by atoms with Crippen LogP contribution in [0.25, 0.3) is 22.2 Å². The quantitative estimate of drug-likeness (QED) is 0.673. The van der Waals surface area contributed by atoms with E-state index >= 15 is 0 Å². The lowest BCUT2D eigenvalue weighted by molar-refractivity contribution is 0.620. The fraction of sp³-hybridized carbons (Fsp3) is 0.300. The summed E-state index contributed by atoms with van der Waals surface area (Å²) in [6.07, 6.45) is 1.23. The fourth-order valence-corrected chi connectivity index (χ4v) is 3.55. The largest absolute Gasteiger partial charge is 0.355 e. The average molecular weight is 320 g/mol. The molecule has 0 bridgehead atoms. The number of benzene rings is 2. The predicted molar refractivity (Wildman–Crippen MR) is 101 cm³/mol. The maximum absolute atomic E-state index is 3.69. The predicted octanol–water partition coefficient (Wildman–Crippen LogP) is 3.61. The lowest BCUT2D eigenvalue weighted by Crippen LogP contribution is -2.38. The van der Waals surface area contributed by atoms with Gasteiger partial charge in [-0.3, -0.25) is 10.6 Å². The molecular formula is C20H24N4. The van der Waals surface area contributed by atoms with Crippen molar-refractivity contribution in [2.75, 3.05) is 18.4 Å². The highest BCUT2D eigenvalue weighted by molar-refractivity contribution is 6.02. The first kappa shape index (κ1) is 15.2. The summed E-state index contributed by atoms with van der Waals surface area (Å²) in [4.78, 5) is 0. The standard InChI is InChI=1S/C20H24N4/c1-2-14-24-17-11-7-6-10-16(17)18(23-20-21-12-13-22-20)19(24)15-8-4-3-5-9-15/h3-11,20-23H,2,12-14H2,1H3. The van der Waals surface area contributed by atoms with Gasteiger partial charge in [-0.1, -0.05) is 55.5 Å². The van der Waals surface area contributed by atoms with Crippen LogP contribution in [-0.2, 0) is 6.54 Å². The Labute approximate surface area is 142 Å². The molecule has 4 rings (SSSR count). The monoisotopic (exact) mass is 320 g/mol. The maximum Gasteiger partial charge on any atom is 0.132 e. The number of nitrogens with one attached hydrogen (secondary N) is 3. The van der Waals surface area contributed by atoms with Crippen molar-refractivity contribution in [3.63, 3.8) is 0 Å². The summed E-state index contributed by atoms with van der Waals surface area (Å²) >= 11 is 0. The minimum Gasteiger partial charge on any atom is -0.355 e. The molecule has 1 aliphatic heterocycles. The molecule has 0 atom stereocenters. The minimum absolute atomic E-state index is 0.119. The van der Waals surface area contributed by atoms with Gasteiger partial charge in [0.15, 0.2) is 0 Å². The highest BCUT2D eigenvalue weighted by atomic mass is 15.3. The number of nitrogens with zero attached hydrogens (tertiary/aromatic N) is 1. The molecule has 1 saturated heterocycles. The van der Waals surface area contributed by atoms with E-state index in [1.807, 2.05) is 0 Å². The molecule has 4 heteroatoms. The summed E-state index contributed by atoms with van der Waals surface area (Å²) in [5.74, 6) is 0. The number of fused-ring (bicyclic) bond motifs is 1. The van der Waals surface area contributed by atoms with Crippen LogP contribution in [0.2, 0.25) is 0 Å². The van der Waals surface area contributed by atoms with E-state index in [2.05, 4.69) is 82.0 Å². The zero-order valence-corrected chi connectivity index (χ0v) is 14.0. The summed E-state index contributed by atoms with van der Waals surface area (Å²) in [6.45, 7) is 5.23. The molecule has 0 unspecified atom stereocenters. The number of aryl methyl sites for hydroxylation is 1. The molecule has 2 aromatic carbocycles. The van der Waals surface area contributed by atoms with Gasteiger partial charge in [0, 0.05) is 30.6 Å². The Morgan fingerprint density at radius 2 is 1.71 bits per heavy atom. The Morgan fingerprint density at radius 3 is 2.46 bits per heavy atom. The molecule has 0 spiro atoms. The Hall–Kier alpha value is -2.30. The van der Waals surface area contributed by atoms with Crippen molar-refractivity contribution in [1.82, 2.24) is 15.2 Å². The topological polar surface area (TPSA) is 41.0 Å². The molecule has 3 N–H and O–H groups in total. The van der Waals surface area contributed by atoms with E-state index in [-0.39, 0.29) is 6.29 Å². The highest BCUT2D eigenvalue weighted by Gasteiger charge is 2.21. The van der Waals surface area contributed by atoms with Crippen LogP contribution in [0.5, 0.6) is 0 Å². The van der Waals surface area contributed by atoms with Crippen LogP contribution in [0.1, 0.15) is 13.3 Å². The normalized spacial score (nSPS) is 15.2. The number of aromatic nitrogens is 1. The van der Waals surface area contributed by atoms with Gasteiger partial charge in [-0.25, -0.2) is 0 Å². The molecule has 3 aromatic rings. The van der Waals surface area contributed by atoms with Gasteiger partial charge in [0.1, 0.15) is 6.29 Å². The number of rotatable bonds is 5. The lowest BCUT2D eigenvalue weighted by atomic mass is 10.1. The van der Waals surface area contributed by atoms with E-state index in [0.29, 0.717) is 0 Å². The van der Waals surface area contributed by atoms with Gasteiger partial charge < -0.3 is 9.88 Å². The molecule has 4 nitrogen and oxygen atoms in total. The fourth-order valence-electron chi connectivity index (χ4n) is 3.55. The van der Waals surface area contributed by atoms with E-state index in [4.69, 9.17) is 0 Å². The smallest absolute Gasteiger partial charge is 0.132 e. The SMILES string of the molecule is CCCn1c(-c2ccccc2)c(NC2NCCN2)c2ccccc21. The molecule has 2 heterocycles. The van der Waals surface area contributed by atoms with Gasteiger partial charge in [-0.05, 0) is 12.5 Å². The van der Waals surface area contributed by atoms with Gasteiger partial charge in [0.05, 0.1) is 16.9 Å². The van der Waals surface area contributed by atoms with E-state index in [9.17, 15) is 0 Å². The molecule has 124 valence electrons. The van der Waals surface area contributed by atoms with Crippen LogP contribution in [0.3, 0.4) is 0 Å². The maximum atomic E-state index is 3.69.